The van der Waals surface area contributed by atoms with Crippen LogP contribution in [0.4, 0.5) is 0 Å². The summed E-state index contributed by atoms with van der Waals surface area (Å²) in [5.41, 5.74) is -5.66. The van der Waals surface area contributed by atoms with E-state index in [1.54, 1.807) is 0 Å². The molecule has 0 rings (SSSR count). The summed E-state index contributed by atoms with van der Waals surface area (Å²) < 4.78 is 10.8. The first-order chi connectivity index (χ1) is 19.7. The maximum Gasteiger partial charge on any atom is 2.00 e. The van der Waals surface area contributed by atoms with Crippen molar-refractivity contribution in [2.75, 3.05) is 24.7 Å². The molecule has 0 aromatic carbocycles. The van der Waals surface area contributed by atoms with Gasteiger partial charge < -0.3 is 18.8 Å². The van der Waals surface area contributed by atoms with E-state index >= 15 is 0 Å². The van der Waals surface area contributed by atoms with Gasteiger partial charge in [-0.25, -0.2) is 0 Å². The molecule has 0 aliphatic rings. The maximum absolute atomic E-state index is 12.1. The summed E-state index contributed by atoms with van der Waals surface area (Å²) in [5.74, 6) is 4.83. The van der Waals surface area contributed by atoms with E-state index in [2.05, 4.69) is 55.4 Å². The molecule has 0 N–H and O–H groups in total. The van der Waals surface area contributed by atoms with E-state index in [0.717, 1.165) is 73.7 Å². The number of hydrogen-bond acceptors (Lipinski definition) is 8. The third-order valence-corrected chi connectivity index (χ3v) is 15.4. The Morgan fingerprint density at radius 3 is 0.977 bits per heavy atom. The van der Waals surface area contributed by atoms with Gasteiger partial charge in [0.1, 0.15) is 0 Å². The quantitative estimate of drug-likeness (QED) is 0.0443. The van der Waals surface area contributed by atoms with Gasteiger partial charge >= 0.3 is 19.5 Å². The normalized spacial score (nSPS) is 14.5. The minimum Gasteiger partial charge on any atom is -0.793 e. The van der Waals surface area contributed by atoms with Crippen molar-refractivity contribution in [3.8, 4) is 0 Å². The summed E-state index contributed by atoms with van der Waals surface area (Å²) in [6.07, 6.45) is 18.9. The molecule has 0 amide bonds. The summed E-state index contributed by atoms with van der Waals surface area (Å²) in [4.78, 5) is 24.1. The molecule has 0 aliphatic heterocycles. The minimum absolute atomic E-state index is 0. The molecule has 0 fully saturated rings. The molecule has 0 aromatic rings. The minimum atomic E-state index is -2.83. The first-order valence-corrected chi connectivity index (χ1v) is 25.3. The van der Waals surface area contributed by atoms with Gasteiger partial charge in [0.15, 0.2) is 0 Å². The van der Waals surface area contributed by atoms with Gasteiger partial charge in [-0.1, -0.05) is 156 Å². The van der Waals surface area contributed by atoms with E-state index in [-0.39, 0.29) is 19.5 Å². The van der Waals surface area contributed by atoms with Crippen molar-refractivity contribution in [2.45, 2.75) is 158 Å². The Bertz CT molecular complexity index is 582. The fourth-order valence-electron chi connectivity index (χ4n) is 4.11. The van der Waals surface area contributed by atoms with Crippen molar-refractivity contribution >= 4 is 57.8 Å². The molecule has 4 nitrogen and oxygen atoms in total. The van der Waals surface area contributed by atoms with Crippen LogP contribution >= 0.6 is 34.2 Å². The smallest absolute Gasteiger partial charge is 0.793 e. The van der Waals surface area contributed by atoms with E-state index in [1.807, 2.05) is 0 Å². The molecule has 0 spiro atoms. The first-order valence-electron chi connectivity index (χ1n) is 16.9. The van der Waals surface area contributed by atoms with E-state index in [0.29, 0.717) is 13.2 Å². The fraction of sp³-hybridized carbons (Fsp3) is 1.00. The molecular weight excluding hydrogens is 704 g/mol. The molecule has 0 heterocycles. The van der Waals surface area contributed by atoms with Crippen LogP contribution in [0.15, 0.2) is 0 Å². The van der Waals surface area contributed by atoms with Gasteiger partial charge in [-0.05, 0) is 60.9 Å². The van der Waals surface area contributed by atoms with E-state index in [1.165, 1.54) is 87.0 Å². The van der Waals surface area contributed by atoms with Crippen LogP contribution in [0, 0.1) is 23.7 Å². The Hall–Kier alpha value is 2.46. The van der Waals surface area contributed by atoms with Gasteiger partial charge in [-0.3, -0.25) is 0 Å². The van der Waals surface area contributed by atoms with Crippen LogP contribution in [0.2, 0.25) is 0 Å². The Balaban J connectivity index is -0.000000727. The molecule has 0 saturated carbocycles. The Kier molecular flexibility index (Phi) is 38.2. The molecule has 43 heavy (non-hydrogen) atoms. The van der Waals surface area contributed by atoms with Crippen LogP contribution in [0.25, 0.3) is 0 Å². The summed E-state index contributed by atoms with van der Waals surface area (Å²) in [6.45, 7) is 19.1. The van der Waals surface area contributed by atoms with Gasteiger partial charge in [-0.2, -0.15) is 0 Å². The molecule has 2 atom stereocenters. The van der Waals surface area contributed by atoms with Crippen molar-refractivity contribution in [1.29, 1.82) is 0 Å². The third kappa shape index (κ3) is 44.5. The zero-order chi connectivity index (χ0) is 32.3. The Labute approximate surface area is 300 Å². The predicted octanol–water partition coefficient (Wildman–Crippen LogP) is 11.5. The number of unbranched alkanes of at least 4 members (excludes halogenated alkanes) is 8. The second-order valence-corrected chi connectivity index (χ2v) is 25.5. The van der Waals surface area contributed by atoms with Crippen LogP contribution in [-0.4, -0.2) is 24.7 Å². The van der Waals surface area contributed by atoms with Crippen LogP contribution in [0.1, 0.15) is 158 Å². The summed E-state index contributed by atoms with van der Waals surface area (Å²) in [7, 11) is 0. The van der Waals surface area contributed by atoms with Gasteiger partial charge in [0, 0.05) is 11.4 Å². The van der Waals surface area contributed by atoms with Crippen LogP contribution in [0.3, 0.4) is 0 Å². The van der Waals surface area contributed by atoms with E-state index in [4.69, 9.17) is 32.7 Å². The van der Waals surface area contributed by atoms with Gasteiger partial charge in [0.05, 0.1) is 13.2 Å². The molecule has 0 aromatic heterocycles. The van der Waals surface area contributed by atoms with Crippen molar-refractivity contribution in [3.05, 3.63) is 0 Å². The molecule has 0 radical (unpaired) electrons. The average molecular weight is 772 g/mol. The van der Waals surface area contributed by atoms with Crippen molar-refractivity contribution < 1.29 is 38.3 Å². The zero-order valence-electron chi connectivity index (χ0n) is 29.3. The number of hydrogen-bond donors (Lipinski definition) is 0. The molecule has 0 saturated heterocycles. The van der Waals surface area contributed by atoms with Crippen molar-refractivity contribution in [2.24, 2.45) is 23.7 Å². The molecule has 11 heteroatoms. The standard InChI is InChI=1S/2C16H35O2PS2.Zn/c2*1-15(2)11-7-5-9-13-18-19(17,20)21-14-10-6-8-12-16(3)4;/h2*15-16H,5-14H2,1-4H3,(H,17,20);/q;;+2/p-2. The first kappa shape index (κ1) is 49.8. The predicted molar refractivity (Wildman–Crippen MR) is 199 cm³/mol. The van der Waals surface area contributed by atoms with Gasteiger partial charge in [0.25, 0.3) is 0 Å². The third-order valence-electron chi connectivity index (χ3n) is 6.70. The SMILES string of the molecule is CC(C)CCCCCOP([O-])(=S)SCCCCCC(C)C.CC(C)CCCCCOP([O-])(=S)SCCCCCC(C)C.[Zn+2]. The number of rotatable bonds is 28. The molecule has 0 bridgehead atoms. The van der Waals surface area contributed by atoms with E-state index < -0.39 is 11.4 Å². The molecular formula is C32H68O4P2S4Zn. The second kappa shape index (κ2) is 33.0. The van der Waals surface area contributed by atoms with Crippen LogP contribution < -0.4 is 9.79 Å². The van der Waals surface area contributed by atoms with E-state index in [9.17, 15) is 9.79 Å². The zero-order valence-corrected chi connectivity index (χ0v) is 37.3. The summed E-state index contributed by atoms with van der Waals surface area (Å²) in [6, 6.07) is 0. The average Bonchev–Trinajstić information content (AvgIpc) is 2.87. The Morgan fingerprint density at radius 2 is 0.721 bits per heavy atom. The maximum atomic E-state index is 12.1. The monoisotopic (exact) mass is 770 g/mol. The fourth-order valence-corrected chi connectivity index (χ4v) is 10.9. The Morgan fingerprint density at radius 1 is 0.465 bits per heavy atom. The second-order valence-electron chi connectivity index (χ2n) is 13.2. The van der Waals surface area contributed by atoms with Gasteiger partial charge in [-0.15, -0.1) is 22.8 Å². The topological polar surface area (TPSA) is 64.6 Å². The van der Waals surface area contributed by atoms with Crippen molar-refractivity contribution in [1.82, 2.24) is 0 Å². The molecule has 2 unspecified atom stereocenters. The largest absolute Gasteiger partial charge is 2.00 e. The molecule has 0 aliphatic carbocycles. The summed E-state index contributed by atoms with van der Waals surface area (Å²) >= 11 is 12.9. The van der Waals surface area contributed by atoms with Crippen LogP contribution in [0.5, 0.6) is 0 Å². The molecule has 256 valence electrons. The van der Waals surface area contributed by atoms with Crippen LogP contribution in [-0.2, 0) is 52.1 Å². The van der Waals surface area contributed by atoms with Crippen molar-refractivity contribution in [3.63, 3.8) is 0 Å². The summed E-state index contributed by atoms with van der Waals surface area (Å²) in [5, 5.41) is 0. The van der Waals surface area contributed by atoms with Gasteiger partial charge in [0.2, 0.25) is 0 Å².